The molecule has 0 aliphatic carbocycles. The van der Waals surface area contributed by atoms with Gasteiger partial charge in [0.15, 0.2) is 5.78 Å². The first-order valence-electron chi connectivity index (χ1n) is 8.34. The van der Waals surface area contributed by atoms with Crippen molar-refractivity contribution in [3.63, 3.8) is 0 Å². The summed E-state index contributed by atoms with van der Waals surface area (Å²) >= 11 is 0. The van der Waals surface area contributed by atoms with E-state index in [1.807, 2.05) is 18.2 Å². The standard InChI is InChI=1S/C21H20N2O/c22-16-18-5-4-6-19(15-18)21(24)12-9-17-7-10-20(11-8-17)23-13-2-1-3-14-23/h4-12,15H,1-3,13-14H2/b12-9+. The number of nitriles is 1. The summed E-state index contributed by atoms with van der Waals surface area (Å²) in [6.07, 6.45) is 7.23. The molecule has 2 aromatic rings. The Bertz CT molecular complexity index is 778. The molecule has 1 saturated heterocycles. The summed E-state index contributed by atoms with van der Waals surface area (Å²) in [5, 5.41) is 8.90. The Morgan fingerprint density at radius 2 is 1.79 bits per heavy atom. The maximum atomic E-state index is 12.2. The maximum absolute atomic E-state index is 12.2. The van der Waals surface area contributed by atoms with Gasteiger partial charge in [-0.05, 0) is 55.2 Å². The van der Waals surface area contributed by atoms with E-state index in [4.69, 9.17) is 5.26 Å². The molecule has 24 heavy (non-hydrogen) atoms. The van der Waals surface area contributed by atoms with Crippen LogP contribution in [0.5, 0.6) is 0 Å². The lowest BCUT2D eigenvalue weighted by Crippen LogP contribution is -2.29. The van der Waals surface area contributed by atoms with E-state index in [1.165, 1.54) is 24.9 Å². The number of allylic oxidation sites excluding steroid dienone is 1. The molecule has 0 radical (unpaired) electrons. The van der Waals surface area contributed by atoms with E-state index in [1.54, 1.807) is 30.3 Å². The van der Waals surface area contributed by atoms with Crippen LogP contribution in [-0.4, -0.2) is 18.9 Å². The van der Waals surface area contributed by atoms with E-state index in [0.29, 0.717) is 11.1 Å². The third kappa shape index (κ3) is 3.91. The molecule has 120 valence electrons. The van der Waals surface area contributed by atoms with Crippen LogP contribution in [0, 0.1) is 11.3 Å². The van der Waals surface area contributed by atoms with Crippen LogP contribution in [0.4, 0.5) is 5.69 Å². The Labute approximate surface area is 142 Å². The van der Waals surface area contributed by atoms with Crippen molar-refractivity contribution in [2.75, 3.05) is 18.0 Å². The van der Waals surface area contributed by atoms with Gasteiger partial charge < -0.3 is 4.90 Å². The van der Waals surface area contributed by atoms with Crippen LogP contribution in [0.2, 0.25) is 0 Å². The number of rotatable bonds is 4. The number of benzene rings is 2. The van der Waals surface area contributed by atoms with Crippen molar-refractivity contribution in [1.29, 1.82) is 5.26 Å². The first kappa shape index (κ1) is 16.0. The summed E-state index contributed by atoms with van der Waals surface area (Å²) in [5.74, 6) is -0.0905. The third-order valence-corrected chi connectivity index (χ3v) is 4.32. The predicted octanol–water partition coefficient (Wildman–Crippen LogP) is 4.44. The van der Waals surface area contributed by atoms with Crippen molar-refractivity contribution < 1.29 is 4.79 Å². The van der Waals surface area contributed by atoms with Crippen LogP contribution >= 0.6 is 0 Å². The molecule has 0 bridgehead atoms. The summed E-state index contributed by atoms with van der Waals surface area (Å²) in [4.78, 5) is 14.6. The van der Waals surface area contributed by atoms with E-state index in [-0.39, 0.29) is 5.78 Å². The van der Waals surface area contributed by atoms with Gasteiger partial charge in [-0.25, -0.2) is 0 Å². The number of anilines is 1. The number of ketones is 1. The van der Waals surface area contributed by atoms with Crippen molar-refractivity contribution in [3.8, 4) is 6.07 Å². The second-order valence-corrected chi connectivity index (χ2v) is 6.03. The number of nitrogens with zero attached hydrogens (tertiary/aromatic N) is 2. The molecule has 2 aromatic carbocycles. The number of carbonyl (C=O) groups excluding carboxylic acids is 1. The van der Waals surface area contributed by atoms with Crippen molar-refractivity contribution in [1.82, 2.24) is 0 Å². The zero-order chi connectivity index (χ0) is 16.8. The lowest BCUT2D eigenvalue weighted by molar-refractivity contribution is 0.104. The molecule has 0 saturated carbocycles. The molecule has 1 fully saturated rings. The molecule has 3 heteroatoms. The molecule has 3 nitrogen and oxygen atoms in total. The molecule has 0 amide bonds. The van der Waals surface area contributed by atoms with Gasteiger partial charge in [-0.2, -0.15) is 5.26 Å². The van der Waals surface area contributed by atoms with Crippen LogP contribution in [0.15, 0.2) is 54.6 Å². The topological polar surface area (TPSA) is 44.1 Å². The summed E-state index contributed by atoms with van der Waals surface area (Å²) in [6.45, 7) is 2.26. The zero-order valence-corrected chi connectivity index (χ0v) is 13.6. The molecule has 3 rings (SSSR count). The van der Waals surface area contributed by atoms with E-state index < -0.39 is 0 Å². The van der Waals surface area contributed by atoms with Gasteiger partial charge in [0.05, 0.1) is 11.6 Å². The van der Waals surface area contributed by atoms with Gasteiger partial charge in [0.1, 0.15) is 0 Å². The fraction of sp³-hybridized carbons (Fsp3) is 0.238. The fourth-order valence-electron chi connectivity index (χ4n) is 2.96. The Hall–Kier alpha value is -2.86. The van der Waals surface area contributed by atoms with Crippen LogP contribution < -0.4 is 4.90 Å². The maximum Gasteiger partial charge on any atom is 0.185 e. The first-order chi connectivity index (χ1) is 11.8. The highest BCUT2D eigenvalue weighted by molar-refractivity contribution is 6.07. The normalized spacial score (nSPS) is 14.5. The predicted molar refractivity (Wildman–Crippen MR) is 97.0 cm³/mol. The zero-order valence-electron chi connectivity index (χ0n) is 13.6. The van der Waals surface area contributed by atoms with E-state index >= 15 is 0 Å². The second kappa shape index (κ2) is 7.61. The van der Waals surface area contributed by atoms with Gasteiger partial charge >= 0.3 is 0 Å². The third-order valence-electron chi connectivity index (χ3n) is 4.32. The van der Waals surface area contributed by atoms with Crippen LogP contribution in [0.1, 0.15) is 40.7 Å². The Kier molecular flexibility index (Phi) is 5.08. The molecule has 0 aromatic heterocycles. The van der Waals surface area contributed by atoms with E-state index in [9.17, 15) is 4.79 Å². The summed E-state index contributed by atoms with van der Waals surface area (Å²) in [6, 6.07) is 17.1. The number of hydrogen-bond donors (Lipinski definition) is 0. The molecular formula is C21H20N2O. The largest absolute Gasteiger partial charge is 0.372 e. The summed E-state index contributed by atoms with van der Waals surface area (Å²) < 4.78 is 0. The highest BCUT2D eigenvalue weighted by Crippen LogP contribution is 2.20. The molecule has 1 aliphatic heterocycles. The average Bonchev–Trinajstić information content (AvgIpc) is 2.67. The molecule has 0 atom stereocenters. The van der Waals surface area contributed by atoms with Crippen LogP contribution in [0.3, 0.4) is 0 Å². The highest BCUT2D eigenvalue weighted by atomic mass is 16.1. The lowest BCUT2D eigenvalue weighted by Gasteiger charge is -2.28. The fourth-order valence-corrected chi connectivity index (χ4v) is 2.96. The Balaban J connectivity index is 1.67. The quantitative estimate of drug-likeness (QED) is 0.618. The van der Waals surface area contributed by atoms with Crippen molar-refractivity contribution in [2.24, 2.45) is 0 Å². The highest BCUT2D eigenvalue weighted by Gasteiger charge is 2.10. The first-order valence-corrected chi connectivity index (χ1v) is 8.34. The summed E-state index contributed by atoms with van der Waals surface area (Å²) in [5.41, 5.74) is 3.29. The molecule has 1 aliphatic rings. The van der Waals surface area contributed by atoms with Crippen LogP contribution in [0.25, 0.3) is 6.08 Å². The molecular weight excluding hydrogens is 296 g/mol. The number of hydrogen-bond acceptors (Lipinski definition) is 3. The smallest absolute Gasteiger partial charge is 0.185 e. The minimum atomic E-state index is -0.0905. The molecule has 1 heterocycles. The minimum absolute atomic E-state index is 0.0905. The van der Waals surface area contributed by atoms with Gasteiger partial charge in [0.2, 0.25) is 0 Å². The van der Waals surface area contributed by atoms with E-state index in [0.717, 1.165) is 18.7 Å². The summed E-state index contributed by atoms with van der Waals surface area (Å²) in [7, 11) is 0. The second-order valence-electron chi connectivity index (χ2n) is 6.03. The minimum Gasteiger partial charge on any atom is -0.372 e. The van der Waals surface area contributed by atoms with Gasteiger partial charge in [-0.3, -0.25) is 4.79 Å². The Morgan fingerprint density at radius 1 is 1.04 bits per heavy atom. The monoisotopic (exact) mass is 316 g/mol. The van der Waals surface area contributed by atoms with Crippen LogP contribution in [-0.2, 0) is 0 Å². The van der Waals surface area contributed by atoms with Gasteiger partial charge in [-0.1, -0.05) is 30.3 Å². The van der Waals surface area contributed by atoms with Crippen molar-refractivity contribution in [2.45, 2.75) is 19.3 Å². The molecule has 0 N–H and O–H groups in total. The van der Waals surface area contributed by atoms with Gasteiger partial charge in [0, 0.05) is 24.3 Å². The molecule has 0 unspecified atom stereocenters. The lowest BCUT2D eigenvalue weighted by atomic mass is 10.1. The van der Waals surface area contributed by atoms with Gasteiger partial charge in [-0.15, -0.1) is 0 Å². The van der Waals surface area contributed by atoms with E-state index in [2.05, 4.69) is 23.1 Å². The SMILES string of the molecule is N#Cc1cccc(C(=O)/C=C/c2ccc(N3CCCCC3)cc2)c1. The number of carbonyl (C=O) groups is 1. The van der Waals surface area contributed by atoms with Crippen molar-refractivity contribution >= 4 is 17.5 Å². The van der Waals surface area contributed by atoms with Crippen molar-refractivity contribution in [3.05, 3.63) is 71.3 Å². The Morgan fingerprint density at radius 3 is 2.50 bits per heavy atom. The number of piperidine rings is 1. The molecule has 0 spiro atoms. The van der Waals surface area contributed by atoms with Gasteiger partial charge in [0.25, 0.3) is 0 Å². The average molecular weight is 316 g/mol.